The maximum atomic E-state index is 12.2. The van der Waals surface area contributed by atoms with Crippen LogP contribution in [0.2, 0.25) is 0 Å². The van der Waals surface area contributed by atoms with E-state index in [0.29, 0.717) is 12.3 Å². The highest BCUT2D eigenvalue weighted by molar-refractivity contribution is 5.91. The van der Waals surface area contributed by atoms with Crippen molar-refractivity contribution in [3.8, 4) is 5.75 Å². The van der Waals surface area contributed by atoms with Crippen molar-refractivity contribution >= 4 is 29.9 Å². The summed E-state index contributed by atoms with van der Waals surface area (Å²) < 4.78 is 5.54. The normalized spacial score (nSPS) is 14.5. The van der Waals surface area contributed by atoms with Crippen LogP contribution in [0.1, 0.15) is 36.8 Å². The number of nitrogens with two attached hydrogens (primary N) is 1. The number of hydrogen-bond acceptors (Lipinski definition) is 4. The summed E-state index contributed by atoms with van der Waals surface area (Å²) in [6, 6.07) is 15.1. The number of amides is 2. The zero-order valence-corrected chi connectivity index (χ0v) is 18.1. The van der Waals surface area contributed by atoms with Crippen molar-refractivity contribution in [2.75, 3.05) is 18.5 Å². The van der Waals surface area contributed by atoms with E-state index in [9.17, 15) is 9.59 Å². The predicted molar refractivity (Wildman–Crippen MR) is 121 cm³/mol. The van der Waals surface area contributed by atoms with Crippen LogP contribution in [0.4, 0.5) is 5.69 Å². The molecule has 3 rings (SSSR count). The molecule has 2 amide bonds. The Hall–Kier alpha value is -2.57. The van der Waals surface area contributed by atoms with E-state index in [1.165, 1.54) is 0 Å². The number of hydrogen-bond donors (Lipinski definition) is 3. The SMILES string of the molecule is Cc1ccc(NC(=O)COc2ccc(CCNC(=O)C3(N)CCCC3)cc2)cc1.Cl. The lowest BCUT2D eigenvalue weighted by molar-refractivity contribution is -0.126. The van der Waals surface area contributed by atoms with E-state index in [1.54, 1.807) is 0 Å². The summed E-state index contributed by atoms with van der Waals surface area (Å²) in [4.78, 5) is 24.2. The lowest BCUT2D eigenvalue weighted by atomic mass is 9.98. The molecule has 6 nitrogen and oxygen atoms in total. The third kappa shape index (κ3) is 6.75. The van der Waals surface area contributed by atoms with Gasteiger partial charge in [-0.3, -0.25) is 9.59 Å². The van der Waals surface area contributed by atoms with Gasteiger partial charge >= 0.3 is 0 Å². The highest BCUT2D eigenvalue weighted by Gasteiger charge is 2.36. The van der Waals surface area contributed by atoms with Crippen LogP contribution < -0.4 is 21.1 Å². The molecule has 0 radical (unpaired) electrons. The van der Waals surface area contributed by atoms with Gasteiger partial charge in [0.05, 0.1) is 5.54 Å². The molecule has 1 aliphatic rings. The van der Waals surface area contributed by atoms with Gasteiger partial charge in [-0.15, -0.1) is 12.4 Å². The standard InChI is InChI=1S/C23H29N3O3.ClH/c1-17-4-8-19(9-5-17)26-21(27)16-29-20-10-6-18(7-11-20)12-15-25-22(28)23(24)13-2-3-14-23;/h4-11H,2-3,12-16,24H2,1H3,(H,25,28)(H,26,27);1H. The summed E-state index contributed by atoms with van der Waals surface area (Å²) in [7, 11) is 0. The van der Waals surface area contributed by atoms with Crippen molar-refractivity contribution in [3.63, 3.8) is 0 Å². The minimum Gasteiger partial charge on any atom is -0.484 e. The molecule has 0 aliphatic heterocycles. The maximum absolute atomic E-state index is 12.2. The highest BCUT2D eigenvalue weighted by Crippen LogP contribution is 2.27. The van der Waals surface area contributed by atoms with Crippen molar-refractivity contribution in [2.45, 2.75) is 44.6 Å². The smallest absolute Gasteiger partial charge is 0.262 e. The number of anilines is 1. The first-order chi connectivity index (χ1) is 13.9. The van der Waals surface area contributed by atoms with Crippen LogP contribution in [0.3, 0.4) is 0 Å². The van der Waals surface area contributed by atoms with Gasteiger partial charge in [0, 0.05) is 12.2 Å². The molecule has 0 aromatic heterocycles. The van der Waals surface area contributed by atoms with Gasteiger partial charge in [-0.25, -0.2) is 0 Å². The van der Waals surface area contributed by atoms with Crippen LogP contribution in [-0.4, -0.2) is 30.5 Å². The highest BCUT2D eigenvalue weighted by atomic mass is 35.5. The van der Waals surface area contributed by atoms with E-state index in [4.69, 9.17) is 10.5 Å². The Bertz CT molecular complexity index is 832. The van der Waals surface area contributed by atoms with Crippen LogP contribution in [-0.2, 0) is 16.0 Å². The average molecular weight is 432 g/mol. The molecule has 1 saturated carbocycles. The van der Waals surface area contributed by atoms with Gasteiger partial charge in [-0.2, -0.15) is 0 Å². The number of rotatable bonds is 8. The van der Waals surface area contributed by atoms with Crippen LogP contribution in [0.25, 0.3) is 0 Å². The van der Waals surface area contributed by atoms with E-state index < -0.39 is 5.54 Å². The molecule has 30 heavy (non-hydrogen) atoms. The third-order valence-electron chi connectivity index (χ3n) is 5.28. The molecule has 1 fully saturated rings. The number of carbonyl (C=O) groups excluding carboxylic acids is 2. The van der Waals surface area contributed by atoms with E-state index in [1.807, 2.05) is 55.5 Å². The Labute approximate surface area is 184 Å². The van der Waals surface area contributed by atoms with Gasteiger partial charge in [-0.05, 0) is 56.0 Å². The Morgan fingerprint density at radius 2 is 1.67 bits per heavy atom. The van der Waals surface area contributed by atoms with Gasteiger partial charge in [-0.1, -0.05) is 42.7 Å². The molecule has 0 spiro atoms. The topological polar surface area (TPSA) is 93.5 Å². The molecule has 7 heteroatoms. The van der Waals surface area contributed by atoms with Crippen molar-refractivity contribution in [2.24, 2.45) is 5.73 Å². The molecule has 0 atom stereocenters. The summed E-state index contributed by atoms with van der Waals surface area (Å²) in [5, 5.41) is 5.75. The lowest BCUT2D eigenvalue weighted by Gasteiger charge is -2.22. The van der Waals surface area contributed by atoms with Crippen molar-refractivity contribution in [1.29, 1.82) is 0 Å². The fraction of sp³-hybridized carbons (Fsp3) is 0.391. The monoisotopic (exact) mass is 431 g/mol. The van der Waals surface area contributed by atoms with Gasteiger partial charge < -0.3 is 21.1 Å². The van der Waals surface area contributed by atoms with Crippen LogP contribution in [0, 0.1) is 6.92 Å². The first-order valence-corrected chi connectivity index (χ1v) is 10.1. The van der Waals surface area contributed by atoms with Crippen LogP contribution >= 0.6 is 12.4 Å². The minimum atomic E-state index is -0.684. The van der Waals surface area contributed by atoms with E-state index >= 15 is 0 Å². The average Bonchev–Trinajstić information content (AvgIpc) is 3.17. The summed E-state index contributed by atoms with van der Waals surface area (Å²) in [5.41, 5.74) is 8.44. The molecule has 0 unspecified atom stereocenters. The van der Waals surface area contributed by atoms with Crippen molar-refractivity contribution < 1.29 is 14.3 Å². The molecule has 2 aromatic rings. The van der Waals surface area contributed by atoms with E-state index in [2.05, 4.69) is 10.6 Å². The Balaban J connectivity index is 0.00000320. The minimum absolute atomic E-state index is 0. The second kappa shape index (κ2) is 11.0. The second-order valence-corrected chi connectivity index (χ2v) is 7.72. The Kier molecular flexibility index (Phi) is 8.69. The van der Waals surface area contributed by atoms with Gasteiger partial charge in [0.1, 0.15) is 5.75 Å². The summed E-state index contributed by atoms with van der Waals surface area (Å²) in [6.07, 6.45) is 4.30. The third-order valence-corrected chi connectivity index (χ3v) is 5.28. The van der Waals surface area contributed by atoms with Gasteiger partial charge in [0.15, 0.2) is 6.61 Å². The first-order valence-electron chi connectivity index (χ1n) is 10.1. The van der Waals surface area contributed by atoms with Gasteiger partial charge in [0.2, 0.25) is 5.91 Å². The molecule has 2 aromatic carbocycles. The molecular formula is C23H30ClN3O3. The zero-order valence-electron chi connectivity index (χ0n) is 17.3. The summed E-state index contributed by atoms with van der Waals surface area (Å²) in [5.74, 6) is 0.376. The summed E-state index contributed by atoms with van der Waals surface area (Å²) >= 11 is 0. The molecular weight excluding hydrogens is 402 g/mol. The number of nitrogens with one attached hydrogen (secondary N) is 2. The number of carbonyl (C=O) groups is 2. The van der Waals surface area contributed by atoms with Crippen LogP contribution in [0.5, 0.6) is 5.75 Å². The Morgan fingerprint density at radius 1 is 1.03 bits per heavy atom. The van der Waals surface area contributed by atoms with Gasteiger partial charge in [0.25, 0.3) is 5.91 Å². The molecule has 1 aliphatic carbocycles. The number of ether oxygens (including phenoxy) is 1. The predicted octanol–water partition coefficient (Wildman–Crippen LogP) is 3.36. The Morgan fingerprint density at radius 3 is 2.30 bits per heavy atom. The quantitative estimate of drug-likeness (QED) is 0.597. The molecule has 0 saturated heterocycles. The molecule has 4 N–H and O–H groups in total. The largest absolute Gasteiger partial charge is 0.484 e. The lowest BCUT2D eigenvalue weighted by Crippen LogP contribution is -2.52. The van der Waals surface area contributed by atoms with E-state index in [-0.39, 0.29) is 30.8 Å². The number of halogens is 1. The maximum Gasteiger partial charge on any atom is 0.262 e. The molecule has 162 valence electrons. The van der Waals surface area contributed by atoms with Crippen molar-refractivity contribution in [1.82, 2.24) is 5.32 Å². The number of benzene rings is 2. The number of aryl methyl sites for hydroxylation is 1. The second-order valence-electron chi connectivity index (χ2n) is 7.72. The summed E-state index contributed by atoms with van der Waals surface area (Å²) in [6.45, 7) is 2.50. The molecule has 0 bridgehead atoms. The van der Waals surface area contributed by atoms with E-state index in [0.717, 1.165) is 48.9 Å². The zero-order chi connectivity index (χ0) is 20.7. The van der Waals surface area contributed by atoms with Crippen molar-refractivity contribution in [3.05, 3.63) is 59.7 Å². The fourth-order valence-electron chi connectivity index (χ4n) is 3.46. The fourth-order valence-corrected chi connectivity index (χ4v) is 3.46. The molecule has 0 heterocycles. The first kappa shape index (κ1) is 23.7. The van der Waals surface area contributed by atoms with Crippen LogP contribution in [0.15, 0.2) is 48.5 Å².